The average Bonchev–Trinajstić information content (AvgIpc) is 2.37. The Balaban J connectivity index is 2.12. The van der Waals surface area contributed by atoms with Crippen LogP contribution in [0.4, 0.5) is 0 Å². The Morgan fingerprint density at radius 1 is 1.18 bits per heavy atom. The van der Waals surface area contributed by atoms with Crippen molar-refractivity contribution in [3.05, 3.63) is 53.9 Å². The van der Waals surface area contributed by atoms with Crippen LogP contribution in [-0.2, 0) is 6.61 Å². The van der Waals surface area contributed by atoms with E-state index in [9.17, 15) is 0 Å². The number of hydrogen-bond acceptors (Lipinski definition) is 3. The molecular formula is C14H15NOS. The van der Waals surface area contributed by atoms with Gasteiger partial charge in [-0.3, -0.25) is 4.98 Å². The van der Waals surface area contributed by atoms with E-state index < -0.39 is 0 Å². The van der Waals surface area contributed by atoms with E-state index in [-0.39, 0.29) is 0 Å². The Kier molecular flexibility index (Phi) is 4.04. The van der Waals surface area contributed by atoms with Crippen molar-refractivity contribution < 1.29 is 4.74 Å². The summed E-state index contributed by atoms with van der Waals surface area (Å²) in [4.78, 5) is 5.38. The molecule has 1 heterocycles. The number of thioether (sulfide) groups is 1. The van der Waals surface area contributed by atoms with Gasteiger partial charge in [0.2, 0.25) is 0 Å². The first-order valence-electron chi connectivity index (χ1n) is 5.47. The van der Waals surface area contributed by atoms with Gasteiger partial charge in [0.15, 0.2) is 0 Å². The minimum absolute atomic E-state index is 0.595. The van der Waals surface area contributed by atoms with Crippen molar-refractivity contribution in [2.24, 2.45) is 0 Å². The molecule has 0 radical (unpaired) electrons. The van der Waals surface area contributed by atoms with Crippen LogP contribution in [0, 0.1) is 6.92 Å². The number of nitrogens with zero attached hydrogens (tertiary/aromatic N) is 1. The lowest BCUT2D eigenvalue weighted by Crippen LogP contribution is -1.98. The highest BCUT2D eigenvalue weighted by Gasteiger charge is 2.06. The second-order valence-electron chi connectivity index (χ2n) is 3.70. The molecule has 0 amide bonds. The molecule has 0 unspecified atom stereocenters. The average molecular weight is 245 g/mol. The van der Waals surface area contributed by atoms with E-state index in [4.69, 9.17) is 4.74 Å². The first-order valence-corrected chi connectivity index (χ1v) is 6.70. The Labute approximate surface area is 106 Å². The summed E-state index contributed by atoms with van der Waals surface area (Å²) in [7, 11) is 0. The molecule has 0 N–H and O–H groups in total. The van der Waals surface area contributed by atoms with Gasteiger partial charge in [0.25, 0.3) is 0 Å². The Morgan fingerprint density at radius 3 is 2.65 bits per heavy atom. The maximum atomic E-state index is 5.83. The fourth-order valence-electron chi connectivity index (χ4n) is 1.63. The van der Waals surface area contributed by atoms with Crippen LogP contribution in [-0.4, -0.2) is 11.2 Å². The summed E-state index contributed by atoms with van der Waals surface area (Å²) in [5.74, 6) is 0.911. The molecule has 0 saturated carbocycles. The number of pyridine rings is 1. The van der Waals surface area contributed by atoms with E-state index in [1.807, 2.05) is 37.4 Å². The predicted octanol–water partition coefficient (Wildman–Crippen LogP) is 3.69. The summed E-state index contributed by atoms with van der Waals surface area (Å²) in [6, 6.07) is 12.1. The Bertz CT molecular complexity index is 485. The predicted molar refractivity (Wildman–Crippen MR) is 71.5 cm³/mol. The maximum absolute atomic E-state index is 5.83. The van der Waals surface area contributed by atoms with Crippen LogP contribution >= 0.6 is 11.8 Å². The molecule has 2 rings (SSSR count). The van der Waals surface area contributed by atoms with Gasteiger partial charge in [-0.25, -0.2) is 0 Å². The molecule has 0 spiro atoms. The zero-order chi connectivity index (χ0) is 12.1. The van der Waals surface area contributed by atoms with Gasteiger partial charge in [0.05, 0.1) is 10.6 Å². The van der Waals surface area contributed by atoms with E-state index in [1.165, 1.54) is 5.56 Å². The highest BCUT2D eigenvalue weighted by atomic mass is 32.2. The first-order chi connectivity index (χ1) is 8.31. The lowest BCUT2D eigenvalue weighted by atomic mass is 10.2. The Morgan fingerprint density at radius 2 is 1.94 bits per heavy atom. The second-order valence-corrected chi connectivity index (χ2v) is 4.52. The molecule has 0 atom stereocenters. The van der Waals surface area contributed by atoms with Crippen molar-refractivity contribution in [3.8, 4) is 5.75 Å². The third-order valence-corrected chi connectivity index (χ3v) is 3.39. The summed E-state index contributed by atoms with van der Waals surface area (Å²) in [5.41, 5.74) is 2.19. The van der Waals surface area contributed by atoms with Crippen LogP contribution in [0.25, 0.3) is 0 Å². The number of benzene rings is 1. The van der Waals surface area contributed by atoms with E-state index >= 15 is 0 Å². The lowest BCUT2D eigenvalue weighted by Gasteiger charge is -2.11. The molecule has 2 nitrogen and oxygen atoms in total. The van der Waals surface area contributed by atoms with E-state index in [0.29, 0.717) is 6.61 Å². The number of aromatic nitrogens is 1. The number of hydrogen-bond donors (Lipinski definition) is 0. The fraction of sp³-hybridized carbons (Fsp3) is 0.214. The molecule has 3 heteroatoms. The summed E-state index contributed by atoms with van der Waals surface area (Å²) in [6.07, 6.45) is 3.83. The third-order valence-electron chi connectivity index (χ3n) is 2.49. The highest BCUT2D eigenvalue weighted by Crippen LogP contribution is 2.29. The summed E-state index contributed by atoms with van der Waals surface area (Å²) in [6.45, 7) is 2.60. The molecule has 1 aromatic carbocycles. The summed E-state index contributed by atoms with van der Waals surface area (Å²) >= 11 is 1.67. The molecule has 0 bridgehead atoms. The van der Waals surface area contributed by atoms with Gasteiger partial charge >= 0.3 is 0 Å². The van der Waals surface area contributed by atoms with Gasteiger partial charge in [-0.2, -0.15) is 0 Å². The lowest BCUT2D eigenvalue weighted by molar-refractivity contribution is 0.298. The van der Waals surface area contributed by atoms with Crippen molar-refractivity contribution in [1.29, 1.82) is 0 Å². The minimum Gasteiger partial charge on any atom is -0.488 e. The van der Waals surface area contributed by atoms with Crippen molar-refractivity contribution >= 4 is 11.8 Å². The molecule has 0 aliphatic rings. The molecule has 0 aliphatic carbocycles. The molecule has 2 aromatic rings. The highest BCUT2D eigenvalue weighted by molar-refractivity contribution is 7.98. The molecular weight excluding hydrogens is 230 g/mol. The molecule has 17 heavy (non-hydrogen) atoms. The zero-order valence-electron chi connectivity index (χ0n) is 10.0. The van der Waals surface area contributed by atoms with Crippen LogP contribution in [0.2, 0.25) is 0 Å². The van der Waals surface area contributed by atoms with Crippen LogP contribution in [0.5, 0.6) is 5.75 Å². The van der Waals surface area contributed by atoms with Gasteiger partial charge < -0.3 is 4.74 Å². The van der Waals surface area contributed by atoms with Gasteiger partial charge in [-0.15, -0.1) is 11.8 Å². The fourth-order valence-corrected chi connectivity index (χ4v) is 2.30. The van der Waals surface area contributed by atoms with Gasteiger partial charge in [0.1, 0.15) is 12.4 Å². The zero-order valence-corrected chi connectivity index (χ0v) is 10.8. The van der Waals surface area contributed by atoms with Crippen molar-refractivity contribution in [1.82, 2.24) is 4.98 Å². The first kappa shape index (κ1) is 12.0. The van der Waals surface area contributed by atoms with E-state index in [2.05, 4.69) is 17.1 Å². The minimum atomic E-state index is 0.595. The van der Waals surface area contributed by atoms with E-state index in [0.717, 1.165) is 16.3 Å². The SMILES string of the molecule is CSc1c(OCc2ccccc2)ccnc1C. The van der Waals surface area contributed by atoms with Crippen molar-refractivity contribution in [3.63, 3.8) is 0 Å². The Hall–Kier alpha value is -1.48. The van der Waals surface area contributed by atoms with Crippen molar-refractivity contribution in [2.75, 3.05) is 6.26 Å². The second kappa shape index (κ2) is 5.73. The third kappa shape index (κ3) is 3.01. The van der Waals surface area contributed by atoms with Crippen LogP contribution in [0.3, 0.4) is 0 Å². The van der Waals surface area contributed by atoms with Crippen LogP contribution in [0.15, 0.2) is 47.5 Å². The standard InChI is InChI=1S/C14H15NOS/c1-11-14(17-2)13(8-9-15-11)16-10-12-6-4-3-5-7-12/h3-9H,10H2,1-2H3. The normalized spacial score (nSPS) is 10.2. The van der Waals surface area contributed by atoms with Crippen LogP contribution < -0.4 is 4.74 Å². The maximum Gasteiger partial charge on any atom is 0.136 e. The smallest absolute Gasteiger partial charge is 0.136 e. The van der Waals surface area contributed by atoms with Crippen LogP contribution in [0.1, 0.15) is 11.3 Å². The molecule has 0 aliphatic heterocycles. The van der Waals surface area contributed by atoms with Crippen molar-refractivity contribution in [2.45, 2.75) is 18.4 Å². The topological polar surface area (TPSA) is 22.1 Å². The van der Waals surface area contributed by atoms with E-state index in [1.54, 1.807) is 18.0 Å². The quantitative estimate of drug-likeness (QED) is 0.767. The molecule has 1 aromatic heterocycles. The van der Waals surface area contributed by atoms with Gasteiger partial charge in [0, 0.05) is 6.20 Å². The monoisotopic (exact) mass is 245 g/mol. The number of rotatable bonds is 4. The molecule has 88 valence electrons. The summed E-state index contributed by atoms with van der Waals surface area (Å²) in [5, 5.41) is 0. The molecule has 0 saturated heterocycles. The van der Waals surface area contributed by atoms with Gasteiger partial charge in [-0.05, 0) is 24.8 Å². The number of aryl methyl sites for hydroxylation is 1. The van der Waals surface area contributed by atoms with Gasteiger partial charge in [-0.1, -0.05) is 30.3 Å². The number of ether oxygens (including phenoxy) is 1. The largest absolute Gasteiger partial charge is 0.488 e. The molecule has 0 fully saturated rings. The summed E-state index contributed by atoms with van der Waals surface area (Å²) < 4.78 is 5.83.